The molecule has 2 aromatic rings. The van der Waals surface area contributed by atoms with Crippen molar-refractivity contribution in [3.05, 3.63) is 64.2 Å². The fourth-order valence-electron chi connectivity index (χ4n) is 1.65. The molecule has 0 radical (unpaired) electrons. The molecule has 0 aliphatic carbocycles. The molecule has 0 saturated heterocycles. The fraction of sp³-hybridized carbons (Fsp3) is 0.143. The summed E-state index contributed by atoms with van der Waals surface area (Å²) in [5, 5.41) is 0.733. The first-order valence-electron chi connectivity index (χ1n) is 5.24. The van der Waals surface area contributed by atoms with Crippen LogP contribution in [0.1, 0.15) is 16.7 Å². The first-order valence-corrected chi connectivity index (χ1v) is 5.62. The van der Waals surface area contributed by atoms with E-state index in [1.54, 1.807) is 0 Å². The van der Waals surface area contributed by atoms with E-state index < -0.39 is 0 Å². The maximum absolute atomic E-state index is 5.95. The van der Waals surface area contributed by atoms with Gasteiger partial charge in [0.2, 0.25) is 0 Å². The molecule has 16 heavy (non-hydrogen) atoms. The van der Waals surface area contributed by atoms with E-state index in [0.29, 0.717) is 0 Å². The number of rotatable bonds is 2. The second-order valence-electron chi connectivity index (χ2n) is 4.01. The molecule has 0 saturated carbocycles. The molecule has 0 unspecified atom stereocenters. The van der Waals surface area contributed by atoms with Crippen molar-refractivity contribution in [2.24, 2.45) is 0 Å². The van der Waals surface area contributed by atoms with Gasteiger partial charge < -0.3 is 5.73 Å². The van der Waals surface area contributed by atoms with Crippen molar-refractivity contribution in [2.75, 3.05) is 5.73 Å². The second-order valence-corrected chi connectivity index (χ2v) is 4.44. The predicted octanol–water partition coefficient (Wildman–Crippen LogP) is 3.82. The van der Waals surface area contributed by atoms with Crippen LogP contribution in [0, 0.1) is 6.92 Å². The second kappa shape index (κ2) is 4.58. The lowest BCUT2D eigenvalue weighted by atomic mass is 10.0. The average molecular weight is 232 g/mol. The highest BCUT2D eigenvalue weighted by Gasteiger charge is 2.01. The SMILES string of the molecule is Cc1ccc(Cc2cc(Cl)ccc2N)cc1. The molecule has 2 rings (SSSR count). The van der Waals surface area contributed by atoms with Gasteiger partial charge in [-0.2, -0.15) is 0 Å². The number of hydrogen-bond acceptors (Lipinski definition) is 1. The van der Waals surface area contributed by atoms with Gasteiger partial charge in [0.1, 0.15) is 0 Å². The number of aryl methyl sites for hydroxylation is 1. The maximum atomic E-state index is 5.95. The maximum Gasteiger partial charge on any atom is 0.0410 e. The minimum Gasteiger partial charge on any atom is -0.398 e. The molecule has 0 atom stereocenters. The Hall–Kier alpha value is -1.47. The van der Waals surface area contributed by atoms with Crippen LogP contribution in [-0.4, -0.2) is 0 Å². The Kier molecular flexibility index (Phi) is 3.16. The predicted molar refractivity (Wildman–Crippen MR) is 69.8 cm³/mol. The molecule has 0 amide bonds. The summed E-state index contributed by atoms with van der Waals surface area (Å²) in [6.07, 6.45) is 0.826. The van der Waals surface area contributed by atoms with Gasteiger partial charge in [-0.1, -0.05) is 41.4 Å². The molecule has 82 valence electrons. The zero-order valence-electron chi connectivity index (χ0n) is 9.20. The number of benzene rings is 2. The lowest BCUT2D eigenvalue weighted by molar-refractivity contribution is 1.19. The molecule has 1 nitrogen and oxygen atoms in total. The van der Waals surface area contributed by atoms with Gasteiger partial charge in [-0.3, -0.25) is 0 Å². The highest BCUT2D eigenvalue weighted by atomic mass is 35.5. The topological polar surface area (TPSA) is 26.0 Å². The van der Waals surface area contributed by atoms with E-state index in [1.165, 1.54) is 11.1 Å². The van der Waals surface area contributed by atoms with E-state index in [-0.39, 0.29) is 0 Å². The van der Waals surface area contributed by atoms with E-state index >= 15 is 0 Å². The zero-order chi connectivity index (χ0) is 11.5. The summed E-state index contributed by atoms with van der Waals surface area (Å²) in [6, 6.07) is 14.1. The summed E-state index contributed by atoms with van der Waals surface area (Å²) in [5.74, 6) is 0. The summed E-state index contributed by atoms with van der Waals surface area (Å²) in [6.45, 7) is 2.08. The van der Waals surface area contributed by atoms with Crippen molar-refractivity contribution in [1.82, 2.24) is 0 Å². The van der Waals surface area contributed by atoms with Crippen molar-refractivity contribution in [2.45, 2.75) is 13.3 Å². The largest absolute Gasteiger partial charge is 0.398 e. The highest BCUT2D eigenvalue weighted by Crippen LogP contribution is 2.21. The number of anilines is 1. The standard InChI is InChI=1S/C14H14ClN/c1-10-2-4-11(5-3-10)8-12-9-13(15)6-7-14(12)16/h2-7,9H,8,16H2,1H3. The Morgan fingerprint density at radius 1 is 1.06 bits per heavy atom. The molecule has 0 bridgehead atoms. The first kappa shape index (κ1) is 11.0. The molecule has 0 fully saturated rings. The first-order chi connectivity index (χ1) is 7.65. The van der Waals surface area contributed by atoms with Crippen LogP contribution in [0.4, 0.5) is 5.69 Å². The molecule has 0 aromatic heterocycles. The Bertz CT molecular complexity index is 489. The third kappa shape index (κ3) is 2.56. The van der Waals surface area contributed by atoms with Gasteiger partial charge in [0.15, 0.2) is 0 Å². The van der Waals surface area contributed by atoms with Crippen LogP contribution in [-0.2, 0) is 6.42 Å². The average Bonchev–Trinajstić information content (AvgIpc) is 2.27. The smallest absolute Gasteiger partial charge is 0.0410 e. The van der Waals surface area contributed by atoms with Crippen LogP contribution in [0.3, 0.4) is 0 Å². The summed E-state index contributed by atoms with van der Waals surface area (Å²) < 4.78 is 0. The summed E-state index contributed by atoms with van der Waals surface area (Å²) in [7, 11) is 0. The van der Waals surface area contributed by atoms with Crippen LogP contribution in [0.2, 0.25) is 5.02 Å². The van der Waals surface area contributed by atoms with Gasteiger partial charge in [-0.25, -0.2) is 0 Å². The van der Waals surface area contributed by atoms with E-state index in [9.17, 15) is 0 Å². The molecule has 2 N–H and O–H groups in total. The molecular formula is C14H14ClN. The Labute approximate surface area is 101 Å². The highest BCUT2D eigenvalue weighted by molar-refractivity contribution is 6.30. The van der Waals surface area contributed by atoms with Crippen LogP contribution in [0.5, 0.6) is 0 Å². The van der Waals surface area contributed by atoms with E-state index in [2.05, 4.69) is 31.2 Å². The van der Waals surface area contributed by atoms with Crippen LogP contribution in [0.25, 0.3) is 0 Å². The van der Waals surface area contributed by atoms with Crippen molar-refractivity contribution < 1.29 is 0 Å². The van der Waals surface area contributed by atoms with Crippen molar-refractivity contribution in [3.8, 4) is 0 Å². The summed E-state index contributed by atoms with van der Waals surface area (Å²) in [5.41, 5.74) is 10.3. The number of nitrogen functional groups attached to an aromatic ring is 1. The Morgan fingerprint density at radius 2 is 1.75 bits per heavy atom. The van der Waals surface area contributed by atoms with Crippen LogP contribution < -0.4 is 5.73 Å². The van der Waals surface area contributed by atoms with Gasteiger partial charge in [-0.15, -0.1) is 0 Å². The minimum atomic E-state index is 0.733. The minimum absolute atomic E-state index is 0.733. The van der Waals surface area contributed by atoms with Gasteiger partial charge in [0.25, 0.3) is 0 Å². The molecule has 0 aliphatic heterocycles. The molecule has 0 spiro atoms. The van der Waals surface area contributed by atoms with Crippen molar-refractivity contribution in [3.63, 3.8) is 0 Å². The van der Waals surface area contributed by atoms with E-state index in [4.69, 9.17) is 17.3 Å². The molecular weight excluding hydrogens is 218 g/mol. The van der Waals surface area contributed by atoms with Crippen LogP contribution >= 0.6 is 11.6 Å². The Morgan fingerprint density at radius 3 is 2.44 bits per heavy atom. The zero-order valence-corrected chi connectivity index (χ0v) is 9.96. The van der Waals surface area contributed by atoms with Crippen LogP contribution in [0.15, 0.2) is 42.5 Å². The number of halogens is 1. The molecule has 2 aromatic carbocycles. The monoisotopic (exact) mass is 231 g/mol. The van der Waals surface area contributed by atoms with Gasteiger partial charge in [0, 0.05) is 10.7 Å². The lowest BCUT2D eigenvalue weighted by Crippen LogP contribution is -1.95. The van der Waals surface area contributed by atoms with E-state index in [1.807, 2.05) is 18.2 Å². The number of nitrogens with two attached hydrogens (primary N) is 1. The summed E-state index contributed by atoms with van der Waals surface area (Å²) in [4.78, 5) is 0. The third-order valence-corrected chi connectivity index (χ3v) is 2.86. The van der Waals surface area contributed by atoms with Gasteiger partial charge in [-0.05, 0) is 42.7 Å². The molecule has 2 heteroatoms. The fourth-order valence-corrected chi connectivity index (χ4v) is 1.85. The molecule has 0 aliphatic rings. The van der Waals surface area contributed by atoms with Gasteiger partial charge in [0.05, 0.1) is 0 Å². The summed E-state index contributed by atoms with van der Waals surface area (Å²) >= 11 is 5.95. The lowest BCUT2D eigenvalue weighted by Gasteiger charge is -2.06. The van der Waals surface area contributed by atoms with Crippen molar-refractivity contribution in [1.29, 1.82) is 0 Å². The third-order valence-electron chi connectivity index (χ3n) is 2.62. The Balaban J connectivity index is 2.26. The van der Waals surface area contributed by atoms with Crippen molar-refractivity contribution >= 4 is 17.3 Å². The number of hydrogen-bond donors (Lipinski definition) is 1. The normalized spacial score (nSPS) is 10.4. The quantitative estimate of drug-likeness (QED) is 0.782. The van der Waals surface area contributed by atoms with E-state index in [0.717, 1.165) is 22.7 Å². The molecule has 0 heterocycles. The van der Waals surface area contributed by atoms with Gasteiger partial charge >= 0.3 is 0 Å².